The van der Waals surface area contributed by atoms with Crippen LogP contribution in [0.5, 0.6) is 0 Å². The van der Waals surface area contributed by atoms with Gasteiger partial charge in [0.15, 0.2) is 5.78 Å². The molecular formula is C10H11Cl2NO. The van der Waals surface area contributed by atoms with E-state index < -0.39 is 0 Å². The van der Waals surface area contributed by atoms with Gasteiger partial charge in [-0.2, -0.15) is 0 Å². The lowest BCUT2D eigenvalue weighted by atomic mass is 10.1. The zero-order valence-corrected chi connectivity index (χ0v) is 9.11. The third-order valence-corrected chi connectivity index (χ3v) is 2.59. The molecule has 1 aromatic rings. The van der Waals surface area contributed by atoms with Gasteiger partial charge < -0.3 is 5.73 Å². The quantitative estimate of drug-likeness (QED) is 0.811. The molecule has 1 rings (SSSR count). The lowest BCUT2D eigenvalue weighted by molar-refractivity contribution is 0.0981. The van der Waals surface area contributed by atoms with E-state index >= 15 is 0 Å². The van der Waals surface area contributed by atoms with E-state index in [4.69, 9.17) is 28.9 Å². The molecule has 2 N–H and O–H groups in total. The predicted octanol–water partition coefficient (Wildman–Crippen LogP) is 2.92. The van der Waals surface area contributed by atoms with Gasteiger partial charge in [-0.1, -0.05) is 23.2 Å². The fraction of sp³-hybridized carbons (Fsp3) is 0.300. The van der Waals surface area contributed by atoms with Crippen LogP contribution in [-0.4, -0.2) is 12.3 Å². The molecule has 76 valence electrons. The Hall–Kier alpha value is -0.570. The van der Waals surface area contributed by atoms with Gasteiger partial charge in [-0.25, -0.2) is 0 Å². The molecule has 0 aliphatic carbocycles. The van der Waals surface area contributed by atoms with E-state index in [1.54, 1.807) is 18.2 Å². The molecule has 0 aliphatic heterocycles. The van der Waals surface area contributed by atoms with Gasteiger partial charge in [-0.05, 0) is 31.2 Å². The monoisotopic (exact) mass is 231 g/mol. The van der Waals surface area contributed by atoms with Crippen LogP contribution in [0, 0.1) is 0 Å². The van der Waals surface area contributed by atoms with Gasteiger partial charge in [0.05, 0.1) is 10.0 Å². The average Bonchev–Trinajstić information content (AvgIpc) is 2.18. The molecule has 0 fully saturated rings. The molecule has 4 heteroatoms. The number of rotatable bonds is 4. The van der Waals surface area contributed by atoms with Crippen molar-refractivity contribution < 1.29 is 4.79 Å². The molecule has 0 aliphatic rings. The average molecular weight is 232 g/mol. The highest BCUT2D eigenvalue weighted by molar-refractivity contribution is 6.42. The highest BCUT2D eigenvalue weighted by Gasteiger charge is 2.07. The number of carbonyl (C=O) groups is 1. The molecule has 0 heterocycles. The molecule has 0 unspecified atom stereocenters. The summed E-state index contributed by atoms with van der Waals surface area (Å²) in [6.45, 7) is 0.521. The van der Waals surface area contributed by atoms with Crippen LogP contribution in [0.1, 0.15) is 23.2 Å². The molecular weight excluding hydrogens is 221 g/mol. The van der Waals surface area contributed by atoms with E-state index in [0.29, 0.717) is 35.0 Å². The van der Waals surface area contributed by atoms with Gasteiger partial charge in [0.1, 0.15) is 0 Å². The first-order chi connectivity index (χ1) is 6.65. The van der Waals surface area contributed by atoms with E-state index in [9.17, 15) is 4.79 Å². The normalized spacial score (nSPS) is 10.2. The predicted molar refractivity (Wildman–Crippen MR) is 59.1 cm³/mol. The first-order valence-corrected chi connectivity index (χ1v) is 5.09. The van der Waals surface area contributed by atoms with Crippen molar-refractivity contribution in [3.63, 3.8) is 0 Å². The fourth-order valence-corrected chi connectivity index (χ4v) is 1.37. The van der Waals surface area contributed by atoms with Crippen molar-refractivity contribution in [3.05, 3.63) is 33.8 Å². The SMILES string of the molecule is NCCCC(=O)c1ccc(Cl)c(Cl)c1. The summed E-state index contributed by atoms with van der Waals surface area (Å²) in [5, 5.41) is 0.868. The van der Waals surface area contributed by atoms with Crippen LogP contribution < -0.4 is 5.73 Å². The topological polar surface area (TPSA) is 43.1 Å². The van der Waals surface area contributed by atoms with Gasteiger partial charge in [-0.15, -0.1) is 0 Å². The Morgan fingerprint density at radius 1 is 1.29 bits per heavy atom. The van der Waals surface area contributed by atoms with E-state index in [0.717, 1.165) is 0 Å². The maximum Gasteiger partial charge on any atom is 0.162 e. The van der Waals surface area contributed by atoms with E-state index in [2.05, 4.69) is 0 Å². The number of ketones is 1. The molecule has 0 saturated heterocycles. The highest BCUT2D eigenvalue weighted by Crippen LogP contribution is 2.23. The summed E-state index contributed by atoms with van der Waals surface area (Å²) >= 11 is 11.5. The molecule has 0 amide bonds. The number of Topliss-reactive ketones (excluding diaryl/α,β-unsaturated/α-hetero) is 1. The van der Waals surface area contributed by atoms with Crippen LogP contribution >= 0.6 is 23.2 Å². The third kappa shape index (κ3) is 2.98. The first-order valence-electron chi connectivity index (χ1n) is 4.33. The first kappa shape index (κ1) is 11.5. The second-order valence-corrected chi connectivity index (χ2v) is 3.76. The molecule has 0 aromatic heterocycles. The van der Waals surface area contributed by atoms with Crippen LogP contribution in [0.15, 0.2) is 18.2 Å². The summed E-state index contributed by atoms with van der Waals surface area (Å²) in [5.41, 5.74) is 5.90. The summed E-state index contributed by atoms with van der Waals surface area (Å²) in [4.78, 5) is 11.5. The van der Waals surface area contributed by atoms with Crippen LogP contribution in [-0.2, 0) is 0 Å². The molecule has 0 radical (unpaired) electrons. The Balaban J connectivity index is 2.76. The zero-order chi connectivity index (χ0) is 10.6. The summed E-state index contributed by atoms with van der Waals surface area (Å²) < 4.78 is 0. The standard InChI is InChI=1S/C10H11Cl2NO/c11-8-4-3-7(6-9(8)12)10(14)2-1-5-13/h3-4,6H,1-2,5,13H2. The molecule has 1 aromatic carbocycles. The summed E-state index contributed by atoms with van der Waals surface area (Å²) in [6.07, 6.45) is 1.15. The third-order valence-electron chi connectivity index (χ3n) is 1.85. The lowest BCUT2D eigenvalue weighted by Crippen LogP contribution is -2.04. The smallest absolute Gasteiger partial charge is 0.162 e. The zero-order valence-electron chi connectivity index (χ0n) is 7.59. The van der Waals surface area contributed by atoms with Crippen LogP contribution in [0.2, 0.25) is 10.0 Å². The van der Waals surface area contributed by atoms with Crippen molar-refractivity contribution >= 4 is 29.0 Å². The number of benzene rings is 1. The minimum absolute atomic E-state index is 0.0500. The number of hydrogen-bond donors (Lipinski definition) is 1. The number of hydrogen-bond acceptors (Lipinski definition) is 2. The van der Waals surface area contributed by atoms with Crippen molar-refractivity contribution in [2.75, 3.05) is 6.54 Å². The Morgan fingerprint density at radius 3 is 2.57 bits per heavy atom. The molecule has 0 atom stereocenters. The van der Waals surface area contributed by atoms with Gasteiger partial charge in [0.25, 0.3) is 0 Å². The van der Waals surface area contributed by atoms with E-state index in [1.807, 2.05) is 0 Å². The second kappa shape index (κ2) is 5.35. The Labute approximate surface area is 93.0 Å². The number of halogens is 2. The van der Waals surface area contributed by atoms with Crippen molar-refractivity contribution in [2.45, 2.75) is 12.8 Å². The lowest BCUT2D eigenvalue weighted by Gasteiger charge is -2.01. The Kier molecular flexibility index (Phi) is 4.39. The molecule has 0 spiro atoms. The Morgan fingerprint density at radius 2 is 2.00 bits per heavy atom. The molecule has 14 heavy (non-hydrogen) atoms. The van der Waals surface area contributed by atoms with E-state index in [-0.39, 0.29) is 5.78 Å². The highest BCUT2D eigenvalue weighted by atomic mass is 35.5. The van der Waals surface area contributed by atoms with Crippen LogP contribution in [0.3, 0.4) is 0 Å². The largest absolute Gasteiger partial charge is 0.330 e. The van der Waals surface area contributed by atoms with Gasteiger partial charge in [0.2, 0.25) is 0 Å². The molecule has 0 bridgehead atoms. The number of carbonyl (C=O) groups excluding carboxylic acids is 1. The van der Waals surface area contributed by atoms with Crippen molar-refractivity contribution in [3.8, 4) is 0 Å². The maximum atomic E-state index is 11.5. The van der Waals surface area contributed by atoms with Gasteiger partial charge in [-0.3, -0.25) is 4.79 Å². The Bertz CT molecular complexity index is 339. The molecule has 2 nitrogen and oxygen atoms in total. The molecule has 0 saturated carbocycles. The van der Waals surface area contributed by atoms with Gasteiger partial charge in [0, 0.05) is 12.0 Å². The second-order valence-electron chi connectivity index (χ2n) is 2.94. The summed E-state index contributed by atoms with van der Waals surface area (Å²) in [6, 6.07) is 4.88. The van der Waals surface area contributed by atoms with Crippen molar-refractivity contribution in [2.24, 2.45) is 5.73 Å². The minimum Gasteiger partial charge on any atom is -0.330 e. The summed E-state index contributed by atoms with van der Waals surface area (Å²) in [7, 11) is 0. The van der Waals surface area contributed by atoms with Crippen LogP contribution in [0.4, 0.5) is 0 Å². The fourth-order valence-electron chi connectivity index (χ4n) is 1.08. The van der Waals surface area contributed by atoms with Crippen molar-refractivity contribution in [1.82, 2.24) is 0 Å². The minimum atomic E-state index is 0.0500. The summed E-state index contributed by atoms with van der Waals surface area (Å²) in [5.74, 6) is 0.0500. The van der Waals surface area contributed by atoms with Crippen molar-refractivity contribution in [1.29, 1.82) is 0 Å². The maximum absolute atomic E-state index is 11.5. The van der Waals surface area contributed by atoms with Crippen LogP contribution in [0.25, 0.3) is 0 Å². The van der Waals surface area contributed by atoms with E-state index in [1.165, 1.54) is 0 Å². The number of nitrogens with two attached hydrogens (primary N) is 1. The van der Waals surface area contributed by atoms with Gasteiger partial charge >= 0.3 is 0 Å².